The van der Waals surface area contributed by atoms with Gasteiger partial charge >= 0.3 is 5.69 Å². The molecular weight excluding hydrogens is 186 g/mol. The highest BCUT2D eigenvalue weighted by Crippen LogP contribution is 2.20. The summed E-state index contributed by atoms with van der Waals surface area (Å²) < 4.78 is 6.76. The van der Waals surface area contributed by atoms with Crippen LogP contribution in [0.2, 0.25) is 0 Å². The number of hydrogen-bond acceptors (Lipinski definition) is 5. The predicted molar refractivity (Wildman–Crippen MR) is 48.1 cm³/mol. The summed E-state index contributed by atoms with van der Waals surface area (Å²) >= 11 is 0. The monoisotopic (exact) mass is 197 g/mol. The van der Waals surface area contributed by atoms with Crippen molar-refractivity contribution in [2.24, 2.45) is 0 Å². The number of ether oxygens (including phenoxy) is 1. The van der Waals surface area contributed by atoms with Crippen molar-refractivity contribution in [3.8, 4) is 0 Å². The van der Waals surface area contributed by atoms with Gasteiger partial charge in [0.1, 0.15) is 6.23 Å². The first kappa shape index (κ1) is 9.17. The minimum atomic E-state index is -0.420. The Labute approximate surface area is 80.1 Å². The molecular formula is C8H11N3O3. The molecule has 1 fully saturated rings. The molecule has 1 saturated heterocycles. The summed E-state index contributed by atoms with van der Waals surface area (Å²) in [6.45, 7) is 0.678. The first-order chi connectivity index (χ1) is 6.81. The molecule has 2 rings (SSSR count). The van der Waals surface area contributed by atoms with Crippen LogP contribution < -0.4 is 11.2 Å². The number of hydrogen-bond donors (Lipinski definition) is 2. The van der Waals surface area contributed by atoms with E-state index in [1.54, 1.807) is 6.20 Å². The molecule has 6 nitrogen and oxygen atoms in total. The van der Waals surface area contributed by atoms with E-state index in [4.69, 9.17) is 9.94 Å². The van der Waals surface area contributed by atoms with Crippen LogP contribution in [0.25, 0.3) is 0 Å². The van der Waals surface area contributed by atoms with E-state index < -0.39 is 5.69 Å². The summed E-state index contributed by atoms with van der Waals surface area (Å²) in [5, 5.41) is 8.53. The average molecular weight is 197 g/mol. The second-order valence-electron chi connectivity index (χ2n) is 3.08. The molecule has 1 aliphatic rings. The average Bonchev–Trinajstić information content (AvgIpc) is 2.70. The van der Waals surface area contributed by atoms with Gasteiger partial charge in [-0.3, -0.25) is 15.3 Å². The zero-order chi connectivity index (χ0) is 9.97. The van der Waals surface area contributed by atoms with Gasteiger partial charge in [0.05, 0.1) is 0 Å². The summed E-state index contributed by atoms with van der Waals surface area (Å²) in [7, 11) is 0. The molecule has 0 spiro atoms. The maximum atomic E-state index is 11.4. The van der Waals surface area contributed by atoms with Gasteiger partial charge in [-0.15, -0.1) is 0 Å². The summed E-state index contributed by atoms with van der Waals surface area (Å²) in [5.74, 6) is 0.143. The largest absolute Gasteiger partial charge is 0.358 e. The lowest BCUT2D eigenvalue weighted by molar-refractivity contribution is 0.0527. The number of nitrogens with zero attached hydrogens (tertiary/aromatic N) is 2. The highest BCUT2D eigenvalue weighted by Gasteiger charge is 2.18. The van der Waals surface area contributed by atoms with E-state index in [9.17, 15) is 4.79 Å². The van der Waals surface area contributed by atoms with Gasteiger partial charge < -0.3 is 4.74 Å². The number of anilines is 1. The van der Waals surface area contributed by atoms with Crippen molar-refractivity contribution in [3.05, 3.63) is 22.7 Å². The van der Waals surface area contributed by atoms with E-state index >= 15 is 0 Å². The SMILES string of the molecule is O=c1nc(NO)ccn1C1CCCO1. The Kier molecular flexibility index (Phi) is 2.47. The summed E-state index contributed by atoms with van der Waals surface area (Å²) in [5.41, 5.74) is 1.40. The second kappa shape index (κ2) is 3.77. The normalized spacial score (nSPS) is 21.1. The van der Waals surface area contributed by atoms with Crippen molar-refractivity contribution < 1.29 is 9.94 Å². The van der Waals surface area contributed by atoms with Gasteiger partial charge in [-0.1, -0.05) is 0 Å². The van der Waals surface area contributed by atoms with Crippen LogP contribution in [0.1, 0.15) is 19.1 Å². The van der Waals surface area contributed by atoms with Gasteiger partial charge in [-0.2, -0.15) is 4.98 Å². The predicted octanol–water partition coefficient (Wildman–Crippen LogP) is 0.353. The zero-order valence-electron chi connectivity index (χ0n) is 7.51. The standard InChI is InChI=1S/C8H11N3O3/c12-8-9-6(10-13)3-4-11(8)7-2-1-5-14-7/h3-4,7,13H,1-2,5H2,(H,9,10,12). The fourth-order valence-electron chi connectivity index (χ4n) is 1.47. The van der Waals surface area contributed by atoms with Crippen LogP contribution in [-0.2, 0) is 4.74 Å². The Morgan fingerprint density at radius 2 is 2.57 bits per heavy atom. The molecule has 2 N–H and O–H groups in total. The molecule has 1 aliphatic heterocycles. The molecule has 1 aromatic rings. The highest BCUT2D eigenvalue weighted by molar-refractivity contribution is 5.27. The van der Waals surface area contributed by atoms with Crippen molar-refractivity contribution in [2.75, 3.05) is 12.1 Å². The molecule has 1 unspecified atom stereocenters. The summed E-state index contributed by atoms with van der Waals surface area (Å²) in [4.78, 5) is 15.0. The fraction of sp³-hybridized carbons (Fsp3) is 0.500. The minimum absolute atomic E-state index is 0.143. The molecule has 1 atom stereocenters. The molecule has 0 amide bonds. The fourth-order valence-corrected chi connectivity index (χ4v) is 1.47. The smallest absolute Gasteiger partial charge is 0.351 e. The highest BCUT2D eigenvalue weighted by atomic mass is 16.5. The van der Waals surface area contributed by atoms with E-state index in [0.717, 1.165) is 12.8 Å². The van der Waals surface area contributed by atoms with Gasteiger partial charge in [0.2, 0.25) is 0 Å². The van der Waals surface area contributed by atoms with Crippen LogP contribution in [-0.4, -0.2) is 21.4 Å². The first-order valence-corrected chi connectivity index (χ1v) is 4.42. The topological polar surface area (TPSA) is 76.4 Å². The maximum Gasteiger partial charge on any atom is 0.351 e. The van der Waals surface area contributed by atoms with E-state index in [1.807, 2.05) is 5.48 Å². The summed E-state index contributed by atoms with van der Waals surface area (Å²) in [6.07, 6.45) is 3.14. The molecule has 0 radical (unpaired) electrons. The molecule has 76 valence electrons. The van der Waals surface area contributed by atoms with Crippen molar-refractivity contribution >= 4 is 5.82 Å². The Hall–Kier alpha value is -1.40. The molecule has 0 aromatic carbocycles. The zero-order valence-corrected chi connectivity index (χ0v) is 7.51. The number of nitrogens with one attached hydrogen (secondary N) is 1. The van der Waals surface area contributed by atoms with Crippen LogP contribution in [0.3, 0.4) is 0 Å². The molecule has 2 heterocycles. The van der Waals surface area contributed by atoms with Gasteiger partial charge in [0.15, 0.2) is 5.82 Å². The Morgan fingerprint density at radius 3 is 3.14 bits per heavy atom. The molecule has 6 heteroatoms. The Morgan fingerprint density at radius 1 is 1.71 bits per heavy atom. The third-order valence-corrected chi connectivity index (χ3v) is 2.16. The first-order valence-electron chi connectivity index (χ1n) is 4.42. The van der Waals surface area contributed by atoms with Crippen LogP contribution in [0.4, 0.5) is 5.82 Å². The maximum absolute atomic E-state index is 11.4. The van der Waals surface area contributed by atoms with E-state index in [2.05, 4.69) is 4.98 Å². The second-order valence-corrected chi connectivity index (χ2v) is 3.08. The summed E-state index contributed by atoms with van der Waals surface area (Å²) in [6, 6.07) is 1.52. The molecule has 14 heavy (non-hydrogen) atoms. The van der Waals surface area contributed by atoms with Crippen molar-refractivity contribution in [3.63, 3.8) is 0 Å². The van der Waals surface area contributed by atoms with Crippen LogP contribution in [0, 0.1) is 0 Å². The number of aromatic nitrogens is 2. The van der Waals surface area contributed by atoms with E-state index in [1.165, 1.54) is 10.6 Å². The Bertz CT molecular complexity index is 370. The lowest BCUT2D eigenvalue weighted by atomic mass is 10.3. The lowest BCUT2D eigenvalue weighted by Gasteiger charge is -2.12. The quantitative estimate of drug-likeness (QED) is 0.669. The van der Waals surface area contributed by atoms with Gasteiger partial charge in [0, 0.05) is 12.8 Å². The lowest BCUT2D eigenvalue weighted by Crippen LogP contribution is -2.26. The van der Waals surface area contributed by atoms with Crippen LogP contribution in [0.5, 0.6) is 0 Å². The van der Waals surface area contributed by atoms with E-state index in [0.29, 0.717) is 6.61 Å². The molecule has 0 saturated carbocycles. The van der Waals surface area contributed by atoms with E-state index in [-0.39, 0.29) is 12.0 Å². The molecule has 0 aliphatic carbocycles. The van der Waals surface area contributed by atoms with Crippen molar-refractivity contribution in [2.45, 2.75) is 19.1 Å². The van der Waals surface area contributed by atoms with Gasteiger partial charge in [0.25, 0.3) is 0 Å². The third-order valence-electron chi connectivity index (χ3n) is 2.16. The third kappa shape index (κ3) is 1.61. The van der Waals surface area contributed by atoms with Crippen molar-refractivity contribution in [1.29, 1.82) is 0 Å². The number of rotatable bonds is 2. The van der Waals surface area contributed by atoms with Crippen molar-refractivity contribution in [1.82, 2.24) is 9.55 Å². The van der Waals surface area contributed by atoms with Crippen LogP contribution in [0.15, 0.2) is 17.1 Å². The van der Waals surface area contributed by atoms with Crippen LogP contribution >= 0.6 is 0 Å². The minimum Gasteiger partial charge on any atom is -0.358 e. The molecule has 0 bridgehead atoms. The molecule has 1 aromatic heterocycles. The van der Waals surface area contributed by atoms with Gasteiger partial charge in [-0.25, -0.2) is 4.79 Å². The Balaban J connectivity index is 2.30. The van der Waals surface area contributed by atoms with Gasteiger partial charge in [-0.05, 0) is 18.9 Å².